The summed E-state index contributed by atoms with van der Waals surface area (Å²) in [6.45, 7) is 0. The highest BCUT2D eigenvalue weighted by Crippen LogP contribution is 2.40. The third-order valence-corrected chi connectivity index (χ3v) is 3.97. The number of fused-ring (bicyclic) bond motifs is 2. The zero-order valence-corrected chi connectivity index (χ0v) is 11.6. The van der Waals surface area contributed by atoms with Crippen molar-refractivity contribution in [2.75, 3.05) is 5.32 Å². The first-order valence-electron chi connectivity index (χ1n) is 6.82. The van der Waals surface area contributed by atoms with E-state index in [0.717, 1.165) is 24.3 Å². The van der Waals surface area contributed by atoms with Gasteiger partial charge in [-0.05, 0) is 24.3 Å². The first kappa shape index (κ1) is 15.5. The van der Waals surface area contributed by atoms with Crippen LogP contribution in [0.4, 0.5) is 18.9 Å². The largest absolute Gasteiger partial charge is 0.481 e. The van der Waals surface area contributed by atoms with Gasteiger partial charge in [0.15, 0.2) is 0 Å². The number of alkyl halides is 3. The first-order chi connectivity index (χ1) is 10.8. The molecule has 0 saturated carbocycles. The normalized spacial score (nSPS) is 28.8. The average Bonchev–Trinajstić information content (AvgIpc) is 3.07. The van der Waals surface area contributed by atoms with Crippen molar-refractivity contribution >= 4 is 17.6 Å². The maximum Gasteiger partial charge on any atom is 0.416 e. The summed E-state index contributed by atoms with van der Waals surface area (Å²) in [6, 6.07) is 3.95. The molecule has 1 amide bonds. The van der Waals surface area contributed by atoms with Gasteiger partial charge in [0.25, 0.3) is 0 Å². The Balaban J connectivity index is 1.74. The number of benzene rings is 1. The summed E-state index contributed by atoms with van der Waals surface area (Å²) in [7, 11) is 0. The van der Waals surface area contributed by atoms with Crippen LogP contribution in [-0.2, 0) is 20.5 Å². The minimum absolute atomic E-state index is 0.166. The fraction of sp³-hybridized carbons (Fsp3) is 0.333. The Morgan fingerprint density at radius 2 is 1.61 bits per heavy atom. The fourth-order valence-electron chi connectivity index (χ4n) is 2.88. The van der Waals surface area contributed by atoms with E-state index in [9.17, 15) is 27.9 Å². The maximum atomic E-state index is 12.5. The van der Waals surface area contributed by atoms with Gasteiger partial charge in [-0.3, -0.25) is 9.59 Å². The maximum absolute atomic E-state index is 12.5. The molecule has 4 atom stereocenters. The van der Waals surface area contributed by atoms with Crippen molar-refractivity contribution in [2.24, 2.45) is 11.8 Å². The Morgan fingerprint density at radius 3 is 2.13 bits per heavy atom. The quantitative estimate of drug-likeness (QED) is 0.835. The van der Waals surface area contributed by atoms with Crippen LogP contribution in [0, 0.1) is 11.8 Å². The van der Waals surface area contributed by atoms with Crippen LogP contribution in [0.15, 0.2) is 36.4 Å². The molecular weight excluding hydrogens is 315 g/mol. The second kappa shape index (κ2) is 5.38. The summed E-state index contributed by atoms with van der Waals surface area (Å²) in [5.41, 5.74) is -0.663. The number of nitrogens with one attached hydrogen (secondary N) is 1. The molecule has 1 aromatic carbocycles. The van der Waals surface area contributed by atoms with Crippen LogP contribution in [0.25, 0.3) is 0 Å². The molecular formula is C15H12F3NO4. The van der Waals surface area contributed by atoms with E-state index in [1.807, 2.05) is 0 Å². The van der Waals surface area contributed by atoms with Crippen molar-refractivity contribution in [3.05, 3.63) is 42.0 Å². The Bertz CT molecular complexity index is 668. The second-order valence-electron chi connectivity index (χ2n) is 5.40. The minimum atomic E-state index is -4.46. The lowest BCUT2D eigenvalue weighted by Crippen LogP contribution is -2.39. The lowest BCUT2D eigenvalue weighted by Gasteiger charge is -2.21. The summed E-state index contributed by atoms with van der Waals surface area (Å²) in [5.74, 6) is -3.65. The molecule has 0 radical (unpaired) electrons. The summed E-state index contributed by atoms with van der Waals surface area (Å²) in [4.78, 5) is 23.6. The second-order valence-corrected chi connectivity index (χ2v) is 5.40. The van der Waals surface area contributed by atoms with Crippen molar-refractivity contribution in [1.29, 1.82) is 0 Å². The number of aliphatic carboxylic acids is 1. The third kappa shape index (κ3) is 2.81. The number of hydrogen-bond acceptors (Lipinski definition) is 3. The third-order valence-electron chi connectivity index (χ3n) is 3.97. The topological polar surface area (TPSA) is 75.6 Å². The van der Waals surface area contributed by atoms with Crippen LogP contribution in [0.2, 0.25) is 0 Å². The van der Waals surface area contributed by atoms with E-state index in [1.165, 1.54) is 0 Å². The average molecular weight is 327 g/mol. The monoisotopic (exact) mass is 327 g/mol. The van der Waals surface area contributed by atoms with Gasteiger partial charge in [-0.25, -0.2) is 0 Å². The van der Waals surface area contributed by atoms with Gasteiger partial charge in [-0.1, -0.05) is 12.2 Å². The van der Waals surface area contributed by atoms with Crippen molar-refractivity contribution in [2.45, 2.75) is 18.4 Å². The molecule has 23 heavy (non-hydrogen) atoms. The lowest BCUT2D eigenvalue weighted by molar-refractivity contribution is -0.146. The van der Waals surface area contributed by atoms with Crippen molar-refractivity contribution in [1.82, 2.24) is 0 Å². The van der Waals surface area contributed by atoms with Crippen molar-refractivity contribution in [3.8, 4) is 0 Å². The SMILES string of the molecule is O=C(O)[C@@H]1[C@@H](C(=O)Nc2ccc(C(F)(F)F)cc2)[C@H]2C=C[C@@H]1O2. The summed E-state index contributed by atoms with van der Waals surface area (Å²) in [5, 5.41) is 11.7. The minimum Gasteiger partial charge on any atom is -0.481 e. The summed E-state index contributed by atoms with van der Waals surface area (Å²) >= 11 is 0. The van der Waals surface area contributed by atoms with Crippen LogP contribution < -0.4 is 5.32 Å². The zero-order chi connectivity index (χ0) is 16.8. The Hall–Kier alpha value is -2.35. The number of carboxylic acid groups (broad SMARTS) is 1. The van der Waals surface area contributed by atoms with E-state index in [1.54, 1.807) is 12.2 Å². The molecule has 0 spiro atoms. The summed E-state index contributed by atoms with van der Waals surface area (Å²) < 4.78 is 42.9. The molecule has 1 saturated heterocycles. The van der Waals surface area contributed by atoms with Gasteiger partial charge in [0, 0.05) is 5.69 Å². The summed E-state index contributed by atoms with van der Waals surface area (Å²) in [6.07, 6.45) is -2.51. The molecule has 0 unspecified atom stereocenters. The number of hydrogen-bond donors (Lipinski definition) is 2. The van der Waals surface area contributed by atoms with Crippen LogP contribution >= 0.6 is 0 Å². The molecule has 2 heterocycles. The van der Waals surface area contributed by atoms with Gasteiger partial charge in [0.05, 0.1) is 23.7 Å². The molecule has 122 valence electrons. The lowest BCUT2D eigenvalue weighted by atomic mass is 9.82. The molecule has 0 aliphatic carbocycles. The Morgan fingerprint density at radius 1 is 1.04 bits per heavy atom. The van der Waals surface area contributed by atoms with Gasteiger partial charge in [0.2, 0.25) is 5.91 Å². The van der Waals surface area contributed by atoms with E-state index in [2.05, 4.69) is 5.32 Å². The number of halogens is 3. The standard InChI is InChI=1S/C15H12F3NO4/c16-15(17,18)7-1-3-8(4-2-7)19-13(20)11-9-5-6-10(23-9)12(11)14(21)22/h1-6,9-12H,(H,19,20)(H,21,22)/t9-,10+,11+,12+/m1/s1. The highest BCUT2D eigenvalue weighted by Gasteiger charge is 2.53. The highest BCUT2D eigenvalue weighted by atomic mass is 19.4. The van der Waals surface area contributed by atoms with E-state index in [4.69, 9.17) is 4.74 Å². The smallest absolute Gasteiger partial charge is 0.416 e. The molecule has 1 fully saturated rings. The van der Waals surface area contributed by atoms with Crippen LogP contribution in [0.5, 0.6) is 0 Å². The molecule has 2 aliphatic heterocycles. The molecule has 5 nitrogen and oxygen atoms in total. The van der Waals surface area contributed by atoms with Crippen molar-refractivity contribution in [3.63, 3.8) is 0 Å². The number of rotatable bonds is 3. The van der Waals surface area contributed by atoms with Crippen LogP contribution in [-0.4, -0.2) is 29.2 Å². The molecule has 3 rings (SSSR count). The van der Waals surface area contributed by atoms with E-state index < -0.39 is 47.7 Å². The number of carboxylic acids is 1. The highest BCUT2D eigenvalue weighted by molar-refractivity contribution is 5.96. The molecule has 2 N–H and O–H groups in total. The van der Waals surface area contributed by atoms with Gasteiger partial charge < -0.3 is 15.2 Å². The number of amides is 1. The first-order valence-corrected chi connectivity index (χ1v) is 6.82. The number of carbonyl (C=O) groups is 2. The molecule has 2 bridgehead atoms. The van der Waals surface area contributed by atoms with E-state index in [0.29, 0.717) is 0 Å². The fourth-order valence-corrected chi connectivity index (χ4v) is 2.88. The van der Waals surface area contributed by atoms with Gasteiger partial charge in [-0.2, -0.15) is 13.2 Å². The van der Waals surface area contributed by atoms with Gasteiger partial charge in [0.1, 0.15) is 5.92 Å². The van der Waals surface area contributed by atoms with E-state index in [-0.39, 0.29) is 5.69 Å². The van der Waals surface area contributed by atoms with E-state index >= 15 is 0 Å². The van der Waals surface area contributed by atoms with Gasteiger partial charge >= 0.3 is 12.1 Å². The molecule has 0 aromatic heterocycles. The Labute approximate surface area is 128 Å². The number of anilines is 1. The number of carbonyl (C=O) groups excluding carboxylic acids is 1. The molecule has 2 aliphatic rings. The number of ether oxygens (including phenoxy) is 1. The molecule has 1 aromatic rings. The molecule has 8 heteroatoms. The van der Waals surface area contributed by atoms with Gasteiger partial charge in [-0.15, -0.1) is 0 Å². The van der Waals surface area contributed by atoms with Crippen LogP contribution in [0.1, 0.15) is 5.56 Å². The van der Waals surface area contributed by atoms with Crippen LogP contribution in [0.3, 0.4) is 0 Å². The predicted molar refractivity (Wildman–Crippen MR) is 72.5 cm³/mol. The zero-order valence-electron chi connectivity index (χ0n) is 11.6. The predicted octanol–water partition coefficient (Wildman–Crippen LogP) is 2.30. The van der Waals surface area contributed by atoms with Crippen molar-refractivity contribution < 1.29 is 32.6 Å². The Kier molecular flexibility index (Phi) is 3.63.